The highest BCUT2D eigenvalue weighted by atomic mass is 79.9. The minimum absolute atomic E-state index is 0.223. The van der Waals surface area contributed by atoms with Crippen molar-refractivity contribution in [2.45, 2.75) is 11.0 Å². The number of rotatable bonds is 3. The summed E-state index contributed by atoms with van der Waals surface area (Å²) in [5, 5.41) is 0. The molecule has 21 heavy (non-hydrogen) atoms. The molecule has 1 N–H and O–H groups in total. The summed E-state index contributed by atoms with van der Waals surface area (Å²) in [6.07, 6.45) is 1.64. The average Bonchev–Trinajstić information content (AvgIpc) is 2.95. The number of nitrogens with one attached hydrogen (secondary N) is 1. The lowest BCUT2D eigenvalue weighted by Gasteiger charge is -2.26. The Bertz CT molecular complexity index is 639. The molecule has 0 bridgehead atoms. The van der Waals surface area contributed by atoms with E-state index in [0.29, 0.717) is 31.2 Å². The van der Waals surface area contributed by atoms with E-state index in [1.54, 1.807) is 24.3 Å². The molecule has 0 saturated carbocycles. The van der Waals surface area contributed by atoms with Crippen molar-refractivity contribution in [2.75, 3.05) is 26.3 Å². The van der Waals surface area contributed by atoms with Crippen LogP contribution in [0.5, 0.6) is 0 Å². The normalized spacial score (nSPS) is 23.7. The van der Waals surface area contributed by atoms with E-state index in [1.807, 2.05) is 6.08 Å². The number of benzene rings is 1. The zero-order chi connectivity index (χ0) is 14.9. The molecule has 114 valence electrons. The zero-order valence-electron chi connectivity index (χ0n) is 11.2. The second-order valence-corrected chi connectivity index (χ2v) is 7.53. The van der Waals surface area contributed by atoms with E-state index in [9.17, 15) is 8.42 Å². The van der Waals surface area contributed by atoms with Crippen LogP contribution < -0.4 is 5.48 Å². The molecular formula is C13H15BrN2O4S. The van der Waals surface area contributed by atoms with Crippen molar-refractivity contribution in [3.05, 3.63) is 40.5 Å². The molecule has 2 heterocycles. The van der Waals surface area contributed by atoms with E-state index in [-0.39, 0.29) is 6.10 Å². The summed E-state index contributed by atoms with van der Waals surface area (Å²) in [5.41, 5.74) is 3.59. The summed E-state index contributed by atoms with van der Waals surface area (Å²) >= 11 is 3.28. The Balaban J connectivity index is 1.80. The largest absolute Gasteiger partial charge is 0.379 e. The molecule has 1 fully saturated rings. The van der Waals surface area contributed by atoms with Gasteiger partial charge in [0.15, 0.2) is 0 Å². The topological polar surface area (TPSA) is 67.9 Å². The van der Waals surface area contributed by atoms with Gasteiger partial charge < -0.3 is 4.74 Å². The first-order valence-corrected chi connectivity index (χ1v) is 8.77. The standard InChI is InChI=1S/C13H15BrN2O4S/c14-13-9-12(20-15-13)10-1-3-11(4-2-10)21(17,18)16-5-7-19-8-6-16/h1-4,9,12,15H,5-8H2. The van der Waals surface area contributed by atoms with Crippen LogP contribution >= 0.6 is 15.9 Å². The van der Waals surface area contributed by atoms with Crippen molar-refractivity contribution >= 4 is 26.0 Å². The van der Waals surface area contributed by atoms with Crippen LogP contribution in [-0.2, 0) is 19.6 Å². The molecule has 1 aromatic rings. The van der Waals surface area contributed by atoms with Crippen LogP contribution in [0.2, 0.25) is 0 Å². The minimum Gasteiger partial charge on any atom is -0.379 e. The maximum atomic E-state index is 12.5. The summed E-state index contributed by atoms with van der Waals surface area (Å²) in [4.78, 5) is 5.62. The van der Waals surface area contributed by atoms with Crippen molar-refractivity contribution in [3.63, 3.8) is 0 Å². The van der Waals surface area contributed by atoms with E-state index in [2.05, 4.69) is 21.4 Å². The zero-order valence-corrected chi connectivity index (χ0v) is 13.6. The summed E-state index contributed by atoms with van der Waals surface area (Å²) < 4.78 is 32.4. The fraction of sp³-hybridized carbons (Fsp3) is 0.385. The molecule has 1 unspecified atom stereocenters. The Morgan fingerprint density at radius 2 is 1.86 bits per heavy atom. The molecular weight excluding hydrogens is 360 g/mol. The van der Waals surface area contributed by atoms with Gasteiger partial charge in [0.05, 0.1) is 18.1 Å². The number of sulfonamides is 1. The molecule has 3 rings (SSSR count). The highest BCUT2D eigenvalue weighted by molar-refractivity contribution is 9.11. The van der Waals surface area contributed by atoms with Crippen molar-refractivity contribution in [1.82, 2.24) is 9.79 Å². The highest BCUT2D eigenvalue weighted by Gasteiger charge is 2.26. The fourth-order valence-electron chi connectivity index (χ4n) is 2.25. The third-order valence-corrected chi connectivity index (χ3v) is 5.74. The number of morpholine rings is 1. The van der Waals surface area contributed by atoms with E-state index < -0.39 is 10.0 Å². The van der Waals surface area contributed by atoms with Gasteiger partial charge in [-0.1, -0.05) is 12.1 Å². The van der Waals surface area contributed by atoms with Crippen LogP contribution in [0.15, 0.2) is 39.8 Å². The van der Waals surface area contributed by atoms with Gasteiger partial charge >= 0.3 is 0 Å². The van der Waals surface area contributed by atoms with Gasteiger partial charge in [-0.2, -0.15) is 4.31 Å². The van der Waals surface area contributed by atoms with Gasteiger partial charge in [0, 0.05) is 13.1 Å². The van der Waals surface area contributed by atoms with Gasteiger partial charge in [0.1, 0.15) is 10.7 Å². The second-order valence-electron chi connectivity index (χ2n) is 4.74. The quantitative estimate of drug-likeness (QED) is 0.812. The lowest BCUT2D eigenvalue weighted by atomic mass is 10.1. The van der Waals surface area contributed by atoms with Gasteiger partial charge in [-0.3, -0.25) is 10.3 Å². The second kappa shape index (κ2) is 6.05. The van der Waals surface area contributed by atoms with Crippen molar-refractivity contribution in [1.29, 1.82) is 0 Å². The molecule has 0 aliphatic carbocycles. The molecule has 8 heteroatoms. The third kappa shape index (κ3) is 3.14. The lowest BCUT2D eigenvalue weighted by Crippen LogP contribution is -2.40. The summed E-state index contributed by atoms with van der Waals surface area (Å²) in [6.45, 7) is 1.68. The van der Waals surface area contributed by atoms with Crippen LogP contribution in [0.25, 0.3) is 0 Å². The number of ether oxygens (including phenoxy) is 1. The molecule has 6 nitrogen and oxygen atoms in total. The number of hydrogen-bond acceptors (Lipinski definition) is 5. The molecule has 0 radical (unpaired) electrons. The summed E-state index contributed by atoms with van der Waals surface area (Å²) in [6, 6.07) is 6.76. The Hall–Kier alpha value is -0.930. The minimum atomic E-state index is -3.44. The van der Waals surface area contributed by atoms with Crippen molar-refractivity contribution < 1.29 is 18.0 Å². The van der Waals surface area contributed by atoms with Crippen molar-refractivity contribution in [2.24, 2.45) is 0 Å². The number of halogens is 1. The first-order valence-electron chi connectivity index (χ1n) is 6.54. The van der Waals surface area contributed by atoms with Gasteiger partial charge in [0.2, 0.25) is 10.0 Å². The molecule has 0 aromatic heterocycles. The molecule has 1 saturated heterocycles. The molecule has 1 aromatic carbocycles. The van der Waals surface area contributed by atoms with Crippen molar-refractivity contribution in [3.8, 4) is 0 Å². The Labute approximate surface area is 131 Å². The molecule has 0 spiro atoms. The molecule has 2 aliphatic rings. The SMILES string of the molecule is O=S(=O)(c1ccc(C2C=C(Br)NO2)cc1)N1CCOCC1. The third-order valence-electron chi connectivity index (χ3n) is 3.40. The molecule has 0 amide bonds. The molecule has 1 atom stereocenters. The maximum Gasteiger partial charge on any atom is 0.243 e. The predicted molar refractivity (Wildman–Crippen MR) is 80.0 cm³/mol. The average molecular weight is 375 g/mol. The predicted octanol–water partition coefficient (Wildman–Crippen LogP) is 1.52. The van der Waals surface area contributed by atoms with Gasteiger partial charge in [-0.15, -0.1) is 0 Å². The Kier molecular flexibility index (Phi) is 4.32. The van der Waals surface area contributed by atoms with Gasteiger partial charge in [-0.25, -0.2) is 8.42 Å². The first-order chi connectivity index (χ1) is 10.1. The summed E-state index contributed by atoms with van der Waals surface area (Å²) in [5.74, 6) is 0. The van der Waals surface area contributed by atoms with E-state index in [4.69, 9.17) is 9.57 Å². The Morgan fingerprint density at radius 1 is 1.19 bits per heavy atom. The van der Waals surface area contributed by atoms with Crippen LogP contribution in [0.1, 0.15) is 11.7 Å². The number of hydroxylamine groups is 1. The number of nitrogens with zero attached hydrogens (tertiary/aromatic N) is 1. The van der Waals surface area contributed by atoms with Gasteiger partial charge in [0.25, 0.3) is 0 Å². The Morgan fingerprint density at radius 3 is 2.43 bits per heavy atom. The number of hydrogen-bond donors (Lipinski definition) is 1. The highest BCUT2D eigenvalue weighted by Crippen LogP contribution is 2.27. The van der Waals surface area contributed by atoms with Gasteiger partial charge in [-0.05, 0) is 39.7 Å². The van der Waals surface area contributed by atoms with Crippen LogP contribution in [-0.4, -0.2) is 39.0 Å². The maximum absolute atomic E-state index is 12.5. The molecule has 2 aliphatic heterocycles. The van der Waals surface area contributed by atoms with E-state index in [1.165, 1.54) is 4.31 Å². The van der Waals surface area contributed by atoms with Crippen LogP contribution in [0.4, 0.5) is 0 Å². The fourth-order valence-corrected chi connectivity index (χ4v) is 3.99. The monoisotopic (exact) mass is 374 g/mol. The van der Waals surface area contributed by atoms with E-state index in [0.717, 1.165) is 10.2 Å². The van der Waals surface area contributed by atoms with Crippen LogP contribution in [0.3, 0.4) is 0 Å². The summed E-state index contributed by atoms with van der Waals surface area (Å²) in [7, 11) is -3.44. The first kappa shape index (κ1) is 15.0. The van der Waals surface area contributed by atoms with E-state index >= 15 is 0 Å². The van der Waals surface area contributed by atoms with Crippen LogP contribution in [0, 0.1) is 0 Å². The lowest BCUT2D eigenvalue weighted by molar-refractivity contribution is 0.0457. The smallest absolute Gasteiger partial charge is 0.243 e.